The van der Waals surface area contributed by atoms with Crippen molar-refractivity contribution in [2.24, 2.45) is 0 Å². The standard InChI is InChI=1S/C16H37O2PS4/c1-3-5-7-9-11-21-13-15-23(19(17,18)20)16-14-22-12-10-8-6-4-2/h17-18,20H,3-16H2,1-2H3. The van der Waals surface area contributed by atoms with Gasteiger partial charge in [-0.1, -0.05) is 64.6 Å². The summed E-state index contributed by atoms with van der Waals surface area (Å²) in [7, 11) is -0.315. The van der Waals surface area contributed by atoms with E-state index in [0.29, 0.717) is 0 Å². The normalized spacial score (nSPS) is 12.3. The molecule has 2 nitrogen and oxygen atoms in total. The van der Waals surface area contributed by atoms with E-state index < -0.39 is 5.69 Å². The molecule has 0 fully saturated rings. The van der Waals surface area contributed by atoms with Crippen LogP contribution in [-0.4, -0.2) is 44.3 Å². The van der Waals surface area contributed by atoms with Crippen molar-refractivity contribution in [3.63, 3.8) is 0 Å². The first-order valence-corrected chi connectivity index (χ1v) is 16.3. The third-order valence-corrected chi connectivity index (χ3v) is 13.5. The molecule has 0 aliphatic heterocycles. The highest BCUT2D eigenvalue weighted by atomic mass is 32.9. The summed E-state index contributed by atoms with van der Waals surface area (Å²) < 4.78 is 0. The summed E-state index contributed by atoms with van der Waals surface area (Å²) in [6.45, 7) is 4.47. The van der Waals surface area contributed by atoms with Crippen LogP contribution in [0.5, 0.6) is 0 Å². The van der Waals surface area contributed by atoms with Gasteiger partial charge in [-0.3, -0.25) is 0 Å². The van der Waals surface area contributed by atoms with Crippen LogP contribution < -0.4 is 0 Å². The summed E-state index contributed by atoms with van der Waals surface area (Å²) in [6, 6.07) is 0. The molecule has 0 heterocycles. The van der Waals surface area contributed by atoms with Crippen molar-refractivity contribution in [2.75, 3.05) is 34.5 Å². The Morgan fingerprint density at radius 3 is 1.52 bits per heavy atom. The Balaban J connectivity index is 3.80. The van der Waals surface area contributed by atoms with Gasteiger partial charge in [0.1, 0.15) is 0 Å². The van der Waals surface area contributed by atoms with E-state index in [1.54, 1.807) is 0 Å². The lowest BCUT2D eigenvalue weighted by atomic mass is 10.2. The molecule has 0 atom stereocenters. The van der Waals surface area contributed by atoms with Crippen LogP contribution in [0.2, 0.25) is 0 Å². The first-order valence-electron chi connectivity index (χ1n) is 8.93. The van der Waals surface area contributed by atoms with Gasteiger partial charge in [-0.25, -0.2) is 0 Å². The lowest BCUT2D eigenvalue weighted by molar-refractivity contribution is 0.502. The molecule has 0 saturated heterocycles. The van der Waals surface area contributed by atoms with Crippen molar-refractivity contribution in [2.45, 2.75) is 65.2 Å². The fourth-order valence-electron chi connectivity index (χ4n) is 2.12. The van der Waals surface area contributed by atoms with Gasteiger partial charge in [0.2, 0.25) is 0 Å². The molecule has 0 bridgehead atoms. The summed E-state index contributed by atoms with van der Waals surface area (Å²) >= 11 is 8.03. The van der Waals surface area contributed by atoms with Gasteiger partial charge in [-0.15, -0.1) is 10.1 Å². The zero-order chi connectivity index (χ0) is 17.4. The average molecular weight is 421 g/mol. The smallest absolute Gasteiger partial charge is 0.198 e. The molecular weight excluding hydrogens is 383 g/mol. The number of hydrogen-bond acceptors (Lipinski definition) is 2. The molecule has 2 N–H and O–H groups in total. The van der Waals surface area contributed by atoms with E-state index in [0.717, 1.165) is 23.0 Å². The maximum absolute atomic E-state index is 9.95. The second-order valence-electron chi connectivity index (χ2n) is 5.73. The lowest BCUT2D eigenvalue weighted by Gasteiger charge is -2.16. The Labute approximate surface area is 160 Å². The Hall–Kier alpha value is 1.75. The Kier molecular flexibility index (Phi) is 18.5. The molecule has 0 unspecified atom stereocenters. The van der Waals surface area contributed by atoms with Crippen molar-refractivity contribution < 1.29 is 9.79 Å². The Morgan fingerprint density at radius 1 is 0.739 bits per heavy atom. The molecule has 142 valence electrons. The van der Waals surface area contributed by atoms with Gasteiger partial charge < -0.3 is 9.79 Å². The number of thiol groups is 1. The number of thioether (sulfide) groups is 2. The molecule has 7 heteroatoms. The molecular formula is C16H37O2PS4. The van der Waals surface area contributed by atoms with E-state index in [-0.39, 0.29) is 10.1 Å². The molecule has 0 radical (unpaired) electrons. The SMILES string of the molecule is CCCCCCSCCS(CCSCCCCCC)=P(O)(O)S. The molecule has 0 aromatic rings. The third-order valence-electron chi connectivity index (χ3n) is 3.56. The second kappa shape index (κ2) is 17.2. The van der Waals surface area contributed by atoms with E-state index in [2.05, 4.69) is 26.1 Å². The molecule has 0 rings (SSSR count). The first kappa shape index (κ1) is 24.8. The van der Waals surface area contributed by atoms with E-state index >= 15 is 0 Å². The summed E-state index contributed by atoms with van der Waals surface area (Å²) in [4.78, 5) is 19.9. The van der Waals surface area contributed by atoms with Gasteiger partial charge in [0, 0.05) is 23.0 Å². The Morgan fingerprint density at radius 2 is 1.17 bits per heavy atom. The van der Waals surface area contributed by atoms with E-state index in [9.17, 15) is 9.79 Å². The number of rotatable bonds is 16. The maximum Gasteiger partial charge on any atom is 0.198 e. The molecule has 0 spiro atoms. The molecule has 23 heavy (non-hydrogen) atoms. The minimum Gasteiger partial charge on any atom is -0.341 e. The van der Waals surface area contributed by atoms with E-state index in [1.807, 2.05) is 23.5 Å². The lowest BCUT2D eigenvalue weighted by Crippen LogP contribution is -2.08. The van der Waals surface area contributed by atoms with Gasteiger partial charge in [0.15, 0.2) is 5.69 Å². The molecule has 0 aliphatic carbocycles. The maximum atomic E-state index is 9.95. The molecule has 0 aliphatic rings. The van der Waals surface area contributed by atoms with Crippen LogP contribution in [-0.2, 0) is 10.1 Å². The van der Waals surface area contributed by atoms with Gasteiger partial charge in [0.25, 0.3) is 0 Å². The largest absolute Gasteiger partial charge is 0.341 e. The fraction of sp³-hybridized carbons (Fsp3) is 1.00. The fourth-order valence-corrected chi connectivity index (χ4v) is 10.8. The zero-order valence-electron chi connectivity index (χ0n) is 14.9. The Bertz CT molecular complexity index is 293. The van der Waals surface area contributed by atoms with Gasteiger partial charge in [0.05, 0.1) is 0 Å². The minimum atomic E-state index is -2.96. The van der Waals surface area contributed by atoms with Crippen LogP contribution in [0.3, 0.4) is 0 Å². The highest BCUT2D eigenvalue weighted by Crippen LogP contribution is 2.47. The van der Waals surface area contributed by atoms with Crippen LogP contribution in [0.4, 0.5) is 0 Å². The summed E-state index contributed by atoms with van der Waals surface area (Å²) in [5, 5.41) is 0. The molecule has 0 amide bonds. The van der Waals surface area contributed by atoms with Crippen molar-refractivity contribution in [1.82, 2.24) is 0 Å². The predicted molar refractivity (Wildman–Crippen MR) is 120 cm³/mol. The van der Waals surface area contributed by atoms with Crippen molar-refractivity contribution in [1.29, 1.82) is 0 Å². The summed E-state index contributed by atoms with van der Waals surface area (Å²) in [5.41, 5.74) is -2.96. The van der Waals surface area contributed by atoms with Crippen molar-refractivity contribution in [3.8, 4) is 0 Å². The highest BCUT2D eigenvalue weighted by molar-refractivity contribution is 8.65. The second-order valence-corrected chi connectivity index (χ2v) is 16.5. The first-order chi connectivity index (χ1) is 11.0. The topological polar surface area (TPSA) is 40.5 Å². The average Bonchev–Trinajstić information content (AvgIpc) is 2.50. The van der Waals surface area contributed by atoms with Gasteiger partial charge >= 0.3 is 0 Å². The van der Waals surface area contributed by atoms with Crippen LogP contribution in [0.15, 0.2) is 0 Å². The van der Waals surface area contributed by atoms with E-state index in [4.69, 9.17) is 0 Å². The van der Waals surface area contributed by atoms with Crippen LogP contribution in [0.25, 0.3) is 0 Å². The predicted octanol–water partition coefficient (Wildman–Crippen LogP) is 5.82. The van der Waals surface area contributed by atoms with Gasteiger partial charge in [-0.05, 0) is 24.3 Å². The third kappa shape index (κ3) is 16.9. The molecule has 0 aromatic heterocycles. The zero-order valence-corrected chi connectivity index (χ0v) is 19.2. The van der Waals surface area contributed by atoms with Crippen molar-refractivity contribution in [3.05, 3.63) is 0 Å². The van der Waals surface area contributed by atoms with Crippen LogP contribution >= 0.6 is 41.5 Å². The monoisotopic (exact) mass is 420 g/mol. The quantitative estimate of drug-likeness (QED) is 0.167. The number of hydrogen-bond donors (Lipinski definition) is 3. The summed E-state index contributed by atoms with van der Waals surface area (Å²) in [5.74, 6) is 6.33. The van der Waals surface area contributed by atoms with Crippen LogP contribution in [0, 0.1) is 0 Å². The molecule has 0 aromatic carbocycles. The highest BCUT2D eigenvalue weighted by Gasteiger charge is 2.11. The van der Waals surface area contributed by atoms with Crippen molar-refractivity contribution >= 4 is 51.5 Å². The number of unbranched alkanes of at least 4 members (excludes halogenated alkanes) is 6. The van der Waals surface area contributed by atoms with Gasteiger partial charge in [-0.2, -0.15) is 23.5 Å². The van der Waals surface area contributed by atoms with E-state index in [1.165, 1.54) is 62.9 Å². The van der Waals surface area contributed by atoms with Crippen LogP contribution in [0.1, 0.15) is 65.2 Å². The minimum absolute atomic E-state index is 0.315. The summed E-state index contributed by atoms with van der Waals surface area (Å²) in [6.07, 6.45) is 10.5. The molecule has 0 saturated carbocycles.